The summed E-state index contributed by atoms with van der Waals surface area (Å²) in [6.07, 6.45) is 70.3. The van der Waals surface area contributed by atoms with Crippen molar-refractivity contribution < 1.29 is 28.6 Å². The van der Waals surface area contributed by atoms with Crippen molar-refractivity contribution in [2.75, 3.05) is 13.2 Å². The van der Waals surface area contributed by atoms with Gasteiger partial charge in [0.1, 0.15) is 13.2 Å². The van der Waals surface area contributed by atoms with Crippen LogP contribution in [0.1, 0.15) is 188 Å². The average molecular weight is 869 g/mol. The van der Waals surface area contributed by atoms with E-state index in [1.54, 1.807) is 0 Å². The van der Waals surface area contributed by atoms with Crippen molar-refractivity contribution in [1.82, 2.24) is 0 Å². The molecule has 0 spiro atoms. The first-order chi connectivity index (χ1) is 31.0. The van der Waals surface area contributed by atoms with Crippen LogP contribution in [-0.2, 0) is 28.6 Å². The van der Waals surface area contributed by atoms with Gasteiger partial charge in [-0.15, -0.1) is 0 Å². The van der Waals surface area contributed by atoms with E-state index < -0.39 is 6.10 Å². The molecular weight excluding hydrogens is 781 g/mol. The minimum atomic E-state index is -0.824. The summed E-state index contributed by atoms with van der Waals surface area (Å²) in [6.45, 7) is 6.25. The van der Waals surface area contributed by atoms with E-state index in [2.05, 4.69) is 154 Å². The van der Waals surface area contributed by atoms with Gasteiger partial charge in [0.15, 0.2) is 6.10 Å². The van der Waals surface area contributed by atoms with Crippen LogP contribution in [0.15, 0.2) is 134 Å². The summed E-state index contributed by atoms with van der Waals surface area (Å²) in [7, 11) is 0. The third-order valence-electron chi connectivity index (χ3n) is 9.65. The number of esters is 3. The summed E-state index contributed by atoms with van der Waals surface area (Å²) in [5.41, 5.74) is 0. The summed E-state index contributed by atoms with van der Waals surface area (Å²) in [5, 5.41) is 0. The Morgan fingerprint density at radius 3 is 1.03 bits per heavy atom. The molecule has 0 aromatic rings. The van der Waals surface area contributed by atoms with E-state index >= 15 is 0 Å². The zero-order chi connectivity index (χ0) is 45.8. The van der Waals surface area contributed by atoms with Crippen LogP contribution in [0, 0.1) is 0 Å². The molecule has 0 radical (unpaired) electrons. The van der Waals surface area contributed by atoms with Crippen LogP contribution in [0.25, 0.3) is 0 Å². The van der Waals surface area contributed by atoms with Crippen molar-refractivity contribution in [2.45, 2.75) is 194 Å². The van der Waals surface area contributed by atoms with Gasteiger partial charge >= 0.3 is 17.9 Å². The molecular formula is C57H88O6. The number of carbonyl (C=O) groups is 3. The van der Waals surface area contributed by atoms with Crippen molar-refractivity contribution in [1.29, 1.82) is 0 Å². The van der Waals surface area contributed by atoms with Crippen molar-refractivity contribution in [3.63, 3.8) is 0 Å². The van der Waals surface area contributed by atoms with Crippen molar-refractivity contribution in [2.24, 2.45) is 0 Å². The average Bonchev–Trinajstić information content (AvgIpc) is 3.28. The fraction of sp³-hybridized carbons (Fsp3) is 0.561. The molecule has 0 aromatic carbocycles. The standard InChI is InChI=1S/C57H88O6/c1-4-7-10-13-16-18-20-22-24-25-26-27-28-29-30-31-33-34-36-38-41-44-47-50-56(59)62-53-54(52-61-55(58)49-46-43-40-15-12-9-6-3)63-57(60)51-48-45-42-39-37-35-32-23-21-19-17-14-11-8-5-2/h7-8,10-11,16-19,22-24,26-27,29-30,32-34,37-39,41,54H,4-6,9,12-15,20-21,25,28,31,35-36,40,42-53H2,1-3H3/b10-7-,11-8-,18-16-,19-17-,24-22-,27-26-,30-29-,32-23-,34-33-,39-37-,41-38-. The normalized spacial score (nSPS) is 13.3. The molecule has 352 valence electrons. The molecule has 0 aliphatic carbocycles. The van der Waals surface area contributed by atoms with Gasteiger partial charge in [-0.05, 0) is 109 Å². The summed E-state index contributed by atoms with van der Waals surface area (Å²) in [4.78, 5) is 37.7. The minimum Gasteiger partial charge on any atom is -0.462 e. The second kappa shape index (κ2) is 50.2. The molecule has 1 atom stereocenters. The van der Waals surface area contributed by atoms with Crippen LogP contribution < -0.4 is 0 Å². The first-order valence-electron chi connectivity index (χ1n) is 24.7. The van der Waals surface area contributed by atoms with Gasteiger partial charge in [0.05, 0.1) is 0 Å². The zero-order valence-corrected chi connectivity index (χ0v) is 40.0. The predicted octanol–water partition coefficient (Wildman–Crippen LogP) is 16.3. The maximum atomic E-state index is 12.7. The Morgan fingerprint density at radius 2 is 0.635 bits per heavy atom. The molecule has 0 aromatic heterocycles. The van der Waals surface area contributed by atoms with E-state index in [9.17, 15) is 14.4 Å². The van der Waals surface area contributed by atoms with E-state index in [0.29, 0.717) is 19.3 Å². The van der Waals surface area contributed by atoms with Gasteiger partial charge in [-0.2, -0.15) is 0 Å². The molecule has 0 aliphatic rings. The predicted molar refractivity (Wildman–Crippen MR) is 269 cm³/mol. The largest absolute Gasteiger partial charge is 0.462 e. The highest BCUT2D eigenvalue weighted by atomic mass is 16.6. The Hall–Kier alpha value is -4.45. The molecule has 0 rings (SSSR count). The van der Waals surface area contributed by atoms with E-state index in [1.165, 1.54) is 25.7 Å². The quantitative estimate of drug-likeness (QED) is 0.0263. The molecule has 0 heterocycles. The fourth-order valence-electron chi connectivity index (χ4n) is 6.01. The molecule has 0 N–H and O–H groups in total. The topological polar surface area (TPSA) is 78.9 Å². The minimum absolute atomic E-state index is 0.117. The number of unbranched alkanes of at least 4 members (excludes halogenated alkanes) is 9. The summed E-state index contributed by atoms with van der Waals surface area (Å²) >= 11 is 0. The lowest BCUT2D eigenvalue weighted by molar-refractivity contribution is -0.167. The molecule has 1 unspecified atom stereocenters. The molecule has 0 aliphatic heterocycles. The lowest BCUT2D eigenvalue weighted by Crippen LogP contribution is -2.30. The highest BCUT2D eigenvalue weighted by molar-refractivity contribution is 5.71. The lowest BCUT2D eigenvalue weighted by Gasteiger charge is -2.18. The smallest absolute Gasteiger partial charge is 0.306 e. The van der Waals surface area contributed by atoms with E-state index in [-0.39, 0.29) is 44.0 Å². The monoisotopic (exact) mass is 869 g/mol. The Labute approximate surface area is 385 Å². The maximum absolute atomic E-state index is 12.7. The lowest BCUT2D eigenvalue weighted by atomic mass is 10.1. The van der Waals surface area contributed by atoms with Crippen LogP contribution >= 0.6 is 0 Å². The van der Waals surface area contributed by atoms with E-state index in [1.807, 2.05) is 0 Å². The molecule has 6 heteroatoms. The van der Waals surface area contributed by atoms with Crippen LogP contribution in [0.3, 0.4) is 0 Å². The second-order valence-corrected chi connectivity index (χ2v) is 15.6. The number of hydrogen-bond acceptors (Lipinski definition) is 6. The van der Waals surface area contributed by atoms with Crippen LogP contribution in [0.5, 0.6) is 0 Å². The first-order valence-corrected chi connectivity index (χ1v) is 24.7. The fourth-order valence-corrected chi connectivity index (χ4v) is 6.01. The third-order valence-corrected chi connectivity index (χ3v) is 9.65. The van der Waals surface area contributed by atoms with Gasteiger partial charge in [-0.1, -0.05) is 193 Å². The van der Waals surface area contributed by atoms with Crippen molar-refractivity contribution in [3.05, 3.63) is 134 Å². The number of allylic oxidation sites excluding steroid dienone is 22. The molecule has 0 fully saturated rings. The zero-order valence-electron chi connectivity index (χ0n) is 40.0. The van der Waals surface area contributed by atoms with Gasteiger partial charge in [0, 0.05) is 19.3 Å². The summed E-state index contributed by atoms with van der Waals surface area (Å²) in [5.74, 6) is -1.04. The number of ether oxygens (including phenoxy) is 3. The maximum Gasteiger partial charge on any atom is 0.306 e. The second-order valence-electron chi connectivity index (χ2n) is 15.6. The molecule has 6 nitrogen and oxygen atoms in total. The SMILES string of the molecule is CC/C=C\C/C=C\C/C=C\C/C=C\C/C=C\C/C=C\C/C=C\CCCC(=O)OCC(COC(=O)CCCCCCCCC)OC(=O)CCCC/C=C\C/C=C\C/C=C\C/C=C\CC. The molecule has 63 heavy (non-hydrogen) atoms. The van der Waals surface area contributed by atoms with Gasteiger partial charge in [0.2, 0.25) is 0 Å². The van der Waals surface area contributed by atoms with Crippen LogP contribution in [0.2, 0.25) is 0 Å². The van der Waals surface area contributed by atoms with Crippen LogP contribution in [0.4, 0.5) is 0 Å². The van der Waals surface area contributed by atoms with Crippen LogP contribution in [-0.4, -0.2) is 37.2 Å². The van der Waals surface area contributed by atoms with Crippen molar-refractivity contribution >= 4 is 17.9 Å². The highest BCUT2D eigenvalue weighted by Crippen LogP contribution is 2.11. The summed E-state index contributed by atoms with van der Waals surface area (Å²) in [6, 6.07) is 0. The van der Waals surface area contributed by atoms with Gasteiger partial charge < -0.3 is 14.2 Å². The molecule has 0 saturated heterocycles. The third kappa shape index (κ3) is 48.4. The van der Waals surface area contributed by atoms with E-state index in [0.717, 1.165) is 109 Å². The summed E-state index contributed by atoms with van der Waals surface area (Å²) < 4.78 is 16.6. The number of rotatable bonds is 42. The Kier molecular flexibility index (Phi) is 46.7. The number of hydrogen-bond donors (Lipinski definition) is 0. The Balaban J connectivity index is 4.45. The highest BCUT2D eigenvalue weighted by Gasteiger charge is 2.19. The number of carbonyl (C=O) groups excluding carboxylic acids is 3. The van der Waals surface area contributed by atoms with Crippen molar-refractivity contribution in [3.8, 4) is 0 Å². The van der Waals surface area contributed by atoms with E-state index in [4.69, 9.17) is 14.2 Å². The van der Waals surface area contributed by atoms with Gasteiger partial charge in [-0.25, -0.2) is 0 Å². The first kappa shape index (κ1) is 58.6. The Morgan fingerprint density at radius 1 is 0.333 bits per heavy atom. The van der Waals surface area contributed by atoms with Gasteiger partial charge in [0.25, 0.3) is 0 Å². The molecule has 0 amide bonds. The Bertz CT molecular complexity index is 1420. The van der Waals surface area contributed by atoms with Gasteiger partial charge in [-0.3, -0.25) is 14.4 Å². The molecule has 0 saturated carbocycles. The molecule has 0 bridgehead atoms.